The van der Waals surface area contributed by atoms with Gasteiger partial charge in [-0.05, 0) is 0 Å². The molecular formula is CH10FOP3. The molecule has 0 saturated carbocycles. The van der Waals surface area contributed by atoms with Crippen molar-refractivity contribution in [3.8, 4) is 0 Å². The molecule has 0 spiro atoms. The Morgan fingerprint density at radius 3 is 1.83 bits per heavy atom. The van der Waals surface area contributed by atoms with Gasteiger partial charge in [0.05, 0.1) is 7.53 Å². The minimum absolute atomic E-state index is 0. The van der Waals surface area contributed by atoms with Crippen molar-refractivity contribution >= 4 is 25.4 Å². The van der Waals surface area contributed by atoms with Crippen LogP contribution in [0.25, 0.3) is 0 Å². The Kier molecular flexibility index (Phi) is 16.2. The number of hydrogen-bond acceptors (Lipinski definition) is 1. The van der Waals surface area contributed by atoms with Crippen molar-refractivity contribution in [2.45, 2.75) is 7.43 Å². The lowest BCUT2D eigenvalue weighted by molar-refractivity contribution is 0.656. The summed E-state index contributed by atoms with van der Waals surface area (Å²) in [6, 6.07) is 0. The third-order valence-corrected chi connectivity index (χ3v) is 0. The fourth-order valence-corrected chi connectivity index (χ4v) is 0. The van der Waals surface area contributed by atoms with Crippen LogP contribution in [0, 0.1) is 0 Å². The van der Waals surface area contributed by atoms with Crippen LogP contribution < -0.4 is 0 Å². The zero-order valence-corrected chi connectivity index (χ0v) is 5.62. The molecule has 2 unspecified atom stereocenters. The van der Waals surface area contributed by atoms with Gasteiger partial charge in [0.2, 0.25) is 1.43 Å². The van der Waals surface area contributed by atoms with Crippen LogP contribution in [-0.2, 0) is 0 Å². The summed E-state index contributed by atoms with van der Waals surface area (Å²) in [5.74, 6) is 0. The first kappa shape index (κ1) is 10.2. The lowest BCUT2D eigenvalue weighted by Crippen LogP contribution is -1.20. The van der Waals surface area contributed by atoms with Gasteiger partial charge in [-0.1, -0.05) is 25.3 Å². The summed E-state index contributed by atoms with van der Waals surface area (Å²) in [5.41, 5.74) is 0. The van der Waals surface area contributed by atoms with E-state index in [1.165, 1.54) is 0 Å². The van der Waals surface area contributed by atoms with Gasteiger partial charge in [-0.2, -0.15) is 0 Å². The van der Waals surface area contributed by atoms with E-state index in [-0.39, 0.29) is 12.1 Å². The lowest BCUT2D eigenvalue weighted by Gasteiger charge is -1.80. The highest BCUT2D eigenvalue weighted by atomic mass is 32.4. The van der Waals surface area contributed by atoms with Gasteiger partial charge >= 0.3 is 0 Å². The molecule has 0 amide bonds. The monoisotopic (exact) mass is 151 g/mol. The van der Waals surface area contributed by atoms with Crippen LogP contribution >= 0.6 is 25.4 Å². The Morgan fingerprint density at radius 1 is 1.67 bits per heavy atom. The summed E-state index contributed by atoms with van der Waals surface area (Å²) >= 11 is 0. The van der Waals surface area contributed by atoms with Crippen molar-refractivity contribution in [1.29, 1.82) is 1.43 Å². The smallest absolute Gasteiger partial charge is 0.216 e. The highest BCUT2D eigenvalue weighted by Crippen LogP contribution is 2.47. The average Bonchev–Trinajstić information content (AvgIpc) is 1.38. The molecule has 0 aliphatic heterocycles. The van der Waals surface area contributed by atoms with Gasteiger partial charge in [-0.3, -0.25) is 4.70 Å². The maximum Gasteiger partial charge on any atom is 0.216 e. The molecule has 0 aromatic rings. The Morgan fingerprint density at radius 2 is 1.83 bits per heavy atom. The van der Waals surface area contributed by atoms with Gasteiger partial charge in [-0.25, -0.2) is 0 Å². The molecule has 0 heterocycles. The van der Waals surface area contributed by atoms with Crippen molar-refractivity contribution in [2.24, 2.45) is 0 Å². The summed E-state index contributed by atoms with van der Waals surface area (Å²) in [6.07, 6.45) is 0. The van der Waals surface area contributed by atoms with Crippen molar-refractivity contribution < 1.29 is 9.60 Å². The molecule has 6 heavy (non-hydrogen) atoms. The molecule has 0 bridgehead atoms. The standard InChI is InChI=1S/CH4.FH.H5OP3/c;;1-4(2)3/h1H4;1H;1H,2-3H2/i;;1D. The molecule has 0 rings (SSSR count). The third-order valence-electron chi connectivity index (χ3n) is 0. The van der Waals surface area contributed by atoms with Crippen LogP contribution in [0.5, 0.6) is 0 Å². The van der Waals surface area contributed by atoms with E-state index in [0.717, 1.165) is 0 Å². The molecule has 0 saturated heterocycles. The van der Waals surface area contributed by atoms with Crippen LogP contribution in [-0.4, -0.2) is 6.33 Å². The first-order valence-electron chi connectivity index (χ1n) is 1.11. The Hall–Kier alpha value is 1.18. The van der Waals surface area contributed by atoms with Crippen molar-refractivity contribution in [1.82, 2.24) is 0 Å². The molecule has 0 aliphatic carbocycles. The second-order valence-corrected chi connectivity index (χ2v) is 5.92. The van der Waals surface area contributed by atoms with E-state index in [1.807, 2.05) is 0 Å². The molecule has 0 aromatic carbocycles. The third kappa shape index (κ3) is 65.0. The highest BCUT2D eigenvalue weighted by Gasteiger charge is 1.68. The largest absolute Gasteiger partial charge is 0.366 e. The molecule has 1 N–H and O–H groups in total. The summed E-state index contributed by atoms with van der Waals surface area (Å²) in [7, 11) is 4.11. The second kappa shape index (κ2) is 9.49. The van der Waals surface area contributed by atoms with Gasteiger partial charge in [-0.15, -0.1) is 0 Å². The minimum Gasteiger partial charge on any atom is -0.366 e. The molecular weight excluding hydrogens is 140 g/mol. The van der Waals surface area contributed by atoms with E-state index in [4.69, 9.17) is 1.43 Å². The van der Waals surface area contributed by atoms with Crippen LogP contribution in [0.1, 0.15) is 7.43 Å². The fourth-order valence-electron chi connectivity index (χ4n) is 0. The van der Waals surface area contributed by atoms with Gasteiger partial charge in [0.15, 0.2) is 0 Å². The van der Waals surface area contributed by atoms with E-state index in [2.05, 4.69) is 22.8 Å². The van der Waals surface area contributed by atoms with Crippen molar-refractivity contribution in [3.63, 3.8) is 0 Å². The SMILES string of the molecule is C.F.[2H]OP(P)P. The molecule has 1 nitrogen and oxygen atoms in total. The Labute approximate surface area is 44.8 Å². The summed E-state index contributed by atoms with van der Waals surface area (Å²) in [6.45, 7) is 0. The normalized spacial score (nSPS) is 8.17. The fraction of sp³-hybridized carbons (Fsp3) is 1.00. The quantitative estimate of drug-likeness (QED) is 0.566. The maximum absolute atomic E-state index is 6.14. The second-order valence-electron chi connectivity index (χ2n) is 0.360. The topological polar surface area (TPSA) is 20.2 Å². The lowest BCUT2D eigenvalue weighted by atomic mass is 12.0. The molecule has 0 aliphatic rings. The maximum atomic E-state index is 6.14. The van der Waals surface area contributed by atoms with E-state index in [9.17, 15) is 0 Å². The first-order valence-corrected chi connectivity index (χ1v) is 5.20. The predicted molar refractivity (Wildman–Crippen MR) is 37.8 cm³/mol. The summed E-state index contributed by atoms with van der Waals surface area (Å²) < 4.78 is 6.14. The van der Waals surface area contributed by atoms with E-state index in [0.29, 0.717) is 0 Å². The molecule has 0 aromatic heterocycles. The van der Waals surface area contributed by atoms with E-state index < -0.39 is 7.53 Å². The average molecular weight is 151 g/mol. The van der Waals surface area contributed by atoms with Crippen LogP contribution in [0.3, 0.4) is 0 Å². The van der Waals surface area contributed by atoms with Crippen molar-refractivity contribution in [2.75, 3.05) is 0 Å². The summed E-state index contributed by atoms with van der Waals surface area (Å²) in [5, 5.41) is 0. The first-order chi connectivity index (χ1) is 2.27. The van der Waals surface area contributed by atoms with Crippen LogP contribution in [0.4, 0.5) is 4.70 Å². The van der Waals surface area contributed by atoms with E-state index >= 15 is 0 Å². The van der Waals surface area contributed by atoms with E-state index in [1.54, 1.807) is 0 Å². The Balaban J connectivity index is -0.0000000800. The number of halogens is 1. The van der Waals surface area contributed by atoms with Gasteiger partial charge in [0.25, 0.3) is 0 Å². The van der Waals surface area contributed by atoms with Crippen molar-refractivity contribution in [3.05, 3.63) is 0 Å². The molecule has 0 radical (unpaired) electrons. The van der Waals surface area contributed by atoms with Gasteiger partial charge < -0.3 is 4.90 Å². The molecule has 5 heteroatoms. The molecule has 42 valence electrons. The van der Waals surface area contributed by atoms with Gasteiger partial charge in [0, 0.05) is 0 Å². The minimum atomic E-state index is -0.598. The van der Waals surface area contributed by atoms with Gasteiger partial charge in [0.1, 0.15) is 0 Å². The highest BCUT2D eigenvalue weighted by molar-refractivity contribution is 8.40. The van der Waals surface area contributed by atoms with Crippen LogP contribution in [0.2, 0.25) is 0 Å². The van der Waals surface area contributed by atoms with Crippen LogP contribution in [0.15, 0.2) is 0 Å². The molecule has 0 fully saturated rings. The summed E-state index contributed by atoms with van der Waals surface area (Å²) in [4.78, 5) is 3.99. The molecule has 2 atom stereocenters. The zero-order chi connectivity index (χ0) is 4.28. The Bertz CT molecular complexity index is 28.9. The number of rotatable bonds is 1. The predicted octanol–water partition coefficient (Wildman–Crippen LogP) is 1.74. The zero-order valence-electron chi connectivity index (χ0n) is 3.42. The number of hydrogen-bond donors (Lipinski definition) is 1.